The van der Waals surface area contributed by atoms with Crippen LogP contribution in [0.4, 0.5) is 0 Å². The first kappa shape index (κ1) is 25.9. The first-order chi connectivity index (χ1) is 14.5. The minimum Gasteiger partial charge on any atom is -0.493 e. The van der Waals surface area contributed by atoms with Crippen molar-refractivity contribution in [1.82, 2.24) is 9.97 Å². The molecule has 2 aromatic heterocycles. The molecule has 0 radical (unpaired) electrons. The Bertz CT molecular complexity index is 765. The molecule has 2 aromatic rings. The topological polar surface area (TPSA) is 85.6 Å². The maximum absolute atomic E-state index is 11.2. The Morgan fingerprint density at radius 1 is 0.800 bits per heavy atom. The number of H-pyrrole nitrogens is 2. The molecule has 0 aliphatic heterocycles. The van der Waals surface area contributed by atoms with Gasteiger partial charge in [-0.05, 0) is 39.8 Å². The summed E-state index contributed by atoms with van der Waals surface area (Å²) in [5.74, 6) is 1.51. The van der Waals surface area contributed by atoms with Gasteiger partial charge in [0.25, 0.3) is 5.56 Å². The second-order valence-electron chi connectivity index (χ2n) is 6.39. The van der Waals surface area contributed by atoms with E-state index in [1.54, 1.807) is 25.4 Å². The van der Waals surface area contributed by atoms with E-state index in [1.807, 2.05) is 26.8 Å². The highest BCUT2D eigenvalue weighted by Crippen LogP contribution is 2.16. The van der Waals surface area contributed by atoms with Crippen molar-refractivity contribution in [2.75, 3.05) is 39.6 Å². The summed E-state index contributed by atoms with van der Waals surface area (Å²) in [6.07, 6.45) is 5.12. The summed E-state index contributed by atoms with van der Waals surface area (Å²) in [5, 5.41) is 0. The van der Waals surface area contributed by atoms with E-state index >= 15 is 0 Å². The highest BCUT2D eigenvalue weighted by atomic mass is 32.1. The molecule has 8 heteroatoms. The SMILES string of the molecule is CCOCCCOc1cc[nH]c(=O)c1C.CCOCCCOc1cc[nH]c(=S)c1C. The van der Waals surface area contributed by atoms with Crippen molar-refractivity contribution in [1.29, 1.82) is 0 Å². The average Bonchev–Trinajstić information content (AvgIpc) is 2.74. The molecule has 7 nitrogen and oxygen atoms in total. The van der Waals surface area contributed by atoms with Gasteiger partial charge in [0.05, 0.1) is 18.8 Å². The van der Waals surface area contributed by atoms with Gasteiger partial charge in [-0.3, -0.25) is 4.79 Å². The molecule has 0 aliphatic carbocycles. The van der Waals surface area contributed by atoms with Crippen LogP contribution in [-0.2, 0) is 9.47 Å². The molecule has 0 aromatic carbocycles. The highest BCUT2D eigenvalue weighted by Gasteiger charge is 2.02. The van der Waals surface area contributed by atoms with Crippen LogP contribution in [-0.4, -0.2) is 49.6 Å². The number of aromatic amines is 2. The van der Waals surface area contributed by atoms with E-state index in [9.17, 15) is 4.79 Å². The summed E-state index contributed by atoms with van der Waals surface area (Å²) >= 11 is 5.10. The van der Waals surface area contributed by atoms with Crippen molar-refractivity contribution in [3.63, 3.8) is 0 Å². The van der Waals surface area contributed by atoms with Gasteiger partial charge in [-0.15, -0.1) is 0 Å². The van der Waals surface area contributed by atoms with Gasteiger partial charge in [0.1, 0.15) is 16.1 Å². The quantitative estimate of drug-likeness (QED) is 0.379. The summed E-state index contributed by atoms with van der Waals surface area (Å²) < 4.78 is 22.2. The summed E-state index contributed by atoms with van der Waals surface area (Å²) in [6.45, 7) is 11.8. The number of ether oxygens (including phenoxy) is 4. The van der Waals surface area contributed by atoms with Crippen LogP contribution in [0.2, 0.25) is 0 Å². The predicted octanol–water partition coefficient (Wildman–Crippen LogP) is 4.35. The molecule has 0 saturated carbocycles. The molecule has 2 N–H and O–H groups in total. The van der Waals surface area contributed by atoms with Crippen molar-refractivity contribution < 1.29 is 18.9 Å². The molecule has 0 fully saturated rings. The standard InChI is InChI=1S/C11H17NO3.C11H17NO2S/c1-3-14-7-4-8-15-10-5-6-12-11(13)9(10)2;1-3-13-7-4-8-14-10-5-6-12-11(15)9(10)2/h5-6H,3-4,7-8H2,1-2H3,(H,12,13);5-6H,3-4,7-8H2,1-2H3,(H,12,15). The van der Waals surface area contributed by atoms with Gasteiger partial charge < -0.3 is 28.9 Å². The Morgan fingerprint density at radius 2 is 1.30 bits per heavy atom. The maximum Gasteiger partial charge on any atom is 0.254 e. The van der Waals surface area contributed by atoms with Gasteiger partial charge in [0.15, 0.2) is 0 Å². The fraction of sp³-hybridized carbons (Fsp3) is 0.545. The van der Waals surface area contributed by atoms with Crippen LogP contribution >= 0.6 is 12.2 Å². The lowest BCUT2D eigenvalue weighted by Crippen LogP contribution is -2.11. The number of nitrogens with one attached hydrogen (secondary N) is 2. The zero-order valence-corrected chi connectivity index (χ0v) is 19.2. The van der Waals surface area contributed by atoms with Crippen LogP contribution in [0.5, 0.6) is 11.5 Å². The zero-order valence-electron chi connectivity index (χ0n) is 18.4. The van der Waals surface area contributed by atoms with Crippen LogP contribution in [0.3, 0.4) is 0 Å². The molecule has 2 heterocycles. The predicted molar refractivity (Wildman–Crippen MR) is 121 cm³/mol. The fourth-order valence-electron chi connectivity index (χ4n) is 2.36. The van der Waals surface area contributed by atoms with Crippen molar-refractivity contribution in [3.8, 4) is 11.5 Å². The number of rotatable bonds is 12. The van der Waals surface area contributed by atoms with E-state index in [1.165, 1.54) is 0 Å². The molecular formula is C22H34N2O5S. The number of hydrogen-bond acceptors (Lipinski definition) is 6. The van der Waals surface area contributed by atoms with Crippen molar-refractivity contribution in [3.05, 3.63) is 50.6 Å². The normalized spacial score (nSPS) is 10.3. The summed E-state index contributed by atoms with van der Waals surface area (Å²) in [6, 6.07) is 3.66. The molecular weight excluding hydrogens is 404 g/mol. The second-order valence-corrected chi connectivity index (χ2v) is 6.80. The number of hydrogen-bond donors (Lipinski definition) is 2. The largest absolute Gasteiger partial charge is 0.493 e. The molecule has 0 saturated heterocycles. The maximum atomic E-state index is 11.2. The smallest absolute Gasteiger partial charge is 0.254 e. The van der Waals surface area contributed by atoms with Crippen LogP contribution < -0.4 is 15.0 Å². The monoisotopic (exact) mass is 438 g/mol. The Kier molecular flexibility index (Phi) is 13.5. The van der Waals surface area contributed by atoms with Gasteiger partial charge in [-0.25, -0.2) is 0 Å². The zero-order chi connectivity index (χ0) is 22.2. The van der Waals surface area contributed by atoms with E-state index in [0.717, 1.165) is 48.6 Å². The van der Waals surface area contributed by atoms with Crippen LogP contribution in [0.25, 0.3) is 0 Å². The molecule has 0 aliphatic rings. The van der Waals surface area contributed by atoms with E-state index in [4.69, 9.17) is 31.2 Å². The molecule has 0 atom stereocenters. The minimum atomic E-state index is -0.0997. The number of aromatic nitrogens is 2. The van der Waals surface area contributed by atoms with Gasteiger partial charge in [-0.2, -0.15) is 0 Å². The lowest BCUT2D eigenvalue weighted by Gasteiger charge is -2.08. The third kappa shape index (κ3) is 10.0. The van der Waals surface area contributed by atoms with Crippen LogP contribution in [0.15, 0.2) is 29.3 Å². The van der Waals surface area contributed by atoms with Crippen LogP contribution in [0, 0.1) is 18.5 Å². The minimum absolute atomic E-state index is 0.0997. The van der Waals surface area contributed by atoms with Crippen LogP contribution in [0.1, 0.15) is 37.8 Å². The molecule has 30 heavy (non-hydrogen) atoms. The summed E-state index contributed by atoms with van der Waals surface area (Å²) in [4.78, 5) is 16.8. The van der Waals surface area contributed by atoms with E-state index in [0.29, 0.717) is 31.1 Å². The lowest BCUT2D eigenvalue weighted by molar-refractivity contribution is 0.130. The first-order valence-corrected chi connectivity index (χ1v) is 10.7. The lowest BCUT2D eigenvalue weighted by atomic mass is 10.3. The summed E-state index contributed by atoms with van der Waals surface area (Å²) in [7, 11) is 0. The van der Waals surface area contributed by atoms with Gasteiger partial charge in [0, 0.05) is 57.2 Å². The third-order valence-corrected chi connectivity index (χ3v) is 4.53. The Hall–Kier alpha value is -2.16. The van der Waals surface area contributed by atoms with Crippen molar-refractivity contribution >= 4 is 12.2 Å². The molecule has 0 bridgehead atoms. The number of pyridine rings is 2. The van der Waals surface area contributed by atoms with Crippen molar-refractivity contribution in [2.24, 2.45) is 0 Å². The van der Waals surface area contributed by atoms with E-state index in [-0.39, 0.29) is 5.56 Å². The molecule has 2 rings (SSSR count). The summed E-state index contributed by atoms with van der Waals surface area (Å²) in [5.41, 5.74) is 1.51. The van der Waals surface area contributed by atoms with Gasteiger partial charge in [-0.1, -0.05) is 12.2 Å². The molecule has 0 unspecified atom stereocenters. The van der Waals surface area contributed by atoms with Gasteiger partial charge in [0.2, 0.25) is 0 Å². The van der Waals surface area contributed by atoms with Gasteiger partial charge >= 0.3 is 0 Å². The first-order valence-electron chi connectivity index (χ1n) is 10.3. The molecule has 168 valence electrons. The Balaban J connectivity index is 0.000000300. The van der Waals surface area contributed by atoms with Crippen molar-refractivity contribution in [2.45, 2.75) is 40.5 Å². The second kappa shape index (κ2) is 15.6. The Labute approximate surface area is 183 Å². The Morgan fingerprint density at radius 3 is 1.83 bits per heavy atom. The third-order valence-electron chi connectivity index (χ3n) is 4.11. The van der Waals surface area contributed by atoms with E-state index in [2.05, 4.69) is 9.97 Å². The molecule has 0 spiro atoms. The highest BCUT2D eigenvalue weighted by molar-refractivity contribution is 7.71. The fourth-order valence-corrected chi connectivity index (χ4v) is 2.53. The van der Waals surface area contributed by atoms with E-state index < -0.39 is 0 Å². The average molecular weight is 439 g/mol. The molecule has 0 amide bonds.